The van der Waals surface area contributed by atoms with Gasteiger partial charge >= 0.3 is 6.09 Å². The highest BCUT2D eigenvalue weighted by molar-refractivity contribution is 5.68. The van der Waals surface area contributed by atoms with Gasteiger partial charge in [-0.3, -0.25) is 0 Å². The molecule has 2 unspecified atom stereocenters. The molecule has 5 heteroatoms. The zero-order valence-corrected chi connectivity index (χ0v) is 14.0. The largest absolute Gasteiger partial charge is 0.444 e. The molecule has 1 aromatic heterocycles. The number of pyridine rings is 1. The van der Waals surface area contributed by atoms with Crippen LogP contribution < -0.4 is 5.73 Å². The van der Waals surface area contributed by atoms with Crippen LogP contribution in [0.5, 0.6) is 0 Å². The van der Waals surface area contributed by atoms with Crippen molar-refractivity contribution in [2.24, 2.45) is 5.92 Å². The first-order chi connectivity index (χ1) is 10.2. The summed E-state index contributed by atoms with van der Waals surface area (Å²) in [6.07, 6.45) is 2.65. The smallest absolute Gasteiger partial charge is 0.410 e. The van der Waals surface area contributed by atoms with Crippen molar-refractivity contribution < 1.29 is 9.53 Å². The summed E-state index contributed by atoms with van der Waals surface area (Å²) < 4.78 is 5.47. The molecular formula is C17H27N3O2. The van der Waals surface area contributed by atoms with Crippen LogP contribution in [0.15, 0.2) is 18.2 Å². The molecule has 2 rings (SSSR count). The fourth-order valence-corrected chi connectivity index (χ4v) is 2.95. The number of piperidine rings is 1. The third kappa shape index (κ3) is 4.61. The fourth-order valence-electron chi connectivity index (χ4n) is 2.95. The number of carbonyl (C=O) groups excluding carboxylic acids is 1. The second-order valence-electron chi connectivity index (χ2n) is 7.17. The lowest BCUT2D eigenvalue weighted by atomic mass is 9.88. The Morgan fingerprint density at radius 3 is 2.77 bits per heavy atom. The van der Waals surface area contributed by atoms with Gasteiger partial charge < -0.3 is 15.4 Å². The molecule has 1 fully saturated rings. The maximum Gasteiger partial charge on any atom is 0.410 e. The van der Waals surface area contributed by atoms with E-state index in [2.05, 4.69) is 11.9 Å². The molecule has 122 valence electrons. The Balaban J connectivity index is 1.91. The van der Waals surface area contributed by atoms with E-state index in [-0.39, 0.29) is 12.1 Å². The maximum absolute atomic E-state index is 12.2. The number of rotatable bonds is 2. The van der Waals surface area contributed by atoms with Crippen molar-refractivity contribution in [3.05, 3.63) is 23.9 Å². The van der Waals surface area contributed by atoms with Gasteiger partial charge in [-0.15, -0.1) is 0 Å². The Hall–Kier alpha value is -1.78. The third-order valence-electron chi connectivity index (χ3n) is 3.94. The van der Waals surface area contributed by atoms with Crippen LogP contribution in [-0.2, 0) is 11.2 Å². The summed E-state index contributed by atoms with van der Waals surface area (Å²) in [6.45, 7) is 8.52. The topological polar surface area (TPSA) is 68.5 Å². The molecule has 2 N–H and O–H groups in total. The summed E-state index contributed by atoms with van der Waals surface area (Å²) in [5.41, 5.74) is 6.32. The van der Waals surface area contributed by atoms with Crippen molar-refractivity contribution in [3.63, 3.8) is 0 Å². The molecule has 0 saturated carbocycles. The average molecular weight is 305 g/mol. The summed E-state index contributed by atoms with van der Waals surface area (Å²) in [5, 5.41) is 0. The Bertz CT molecular complexity index is 525. The molecule has 1 aromatic rings. The highest BCUT2D eigenvalue weighted by Gasteiger charge is 2.31. The van der Waals surface area contributed by atoms with Crippen LogP contribution in [0, 0.1) is 5.92 Å². The lowest BCUT2D eigenvalue weighted by molar-refractivity contribution is 0.00715. The predicted molar refractivity (Wildman–Crippen MR) is 87.5 cm³/mol. The number of amides is 1. The van der Waals surface area contributed by atoms with Crippen LogP contribution in [0.1, 0.15) is 46.2 Å². The average Bonchev–Trinajstić information content (AvgIpc) is 2.36. The van der Waals surface area contributed by atoms with Gasteiger partial charge in [0.05, 0.1) is 0 Å². The number of aromatic nitrogens is 1. The van der Waals surface area contributed by atoms with Crippen molar-refractivity contribution in [1.29, 1.82) is 0 Å². The number of nitrogen functional groups attached to an aromatic ring is 1. The minimum atomic E-state index is -0.445. The van der Waals surface area contributed by atoms with Crippen LogP contribution in [0.2, 0.25) is 0 Å². The molecular weight excluding hydrogens is 278 g/mol. The number of nitrogens with zero attached hydrogens (tertiary/aromatic N) is 2. The number of carbonyl (C=O) groups is 1. The lowest BCUT2D eigenvalue weighted by Crippen LogP contribution is -2.47. The molecule has 2 heterocycles. The van der Waals surface area contributed by atoms with Gasteiger partial charge in [-0.1, -0.05) is 6.07 Å². The molecule has 0 bridgehead atoms. The number of hydrogen-bond acceptors (Lipinski definition) is 4. The Morgan fingerprint density at radius 1 is 1.45 bits per heavy atom. The van der Waals surface area contributed by atoms with Crippen molar-refractivity contribution in [3.8, 4) is 0 Å². The highest BCUT2D eigenvalue weighted by atomic mass is 16.6. The SMILES string of the molecule is CC1CC(Cc2cccc(N)n2)CCN1C(=O)OC(C)(C)C. The normalized spacial score (nSPS) is 22.5. The third-order valence-corrected chi connectivity index (χ3v) is 3.94. The standard InChI is InChI=1S/C17H27N3O2/c1-12-10-13(11-14-6-5-7-15(18)19-14)8-9-20(12)16(21)22-17(2,3)4/h5-7,12-13H,8-11H2,1-4H3,(H2,18,19). The van der Waals surface area contributed by atoms with Crippen LogP contribution in [0.3, 0.4) is 0 Å². The number of nitrogens with two attached hydrogens (primary N) is 1. The van der Waals surface area contributed by atoms with Crippen LogP contribution in [-0.4, -0.2) is 34.2 Å². The van der Waals surface area contributed by atoms with Gasteiger partial charge in [0.25, 0.3) is 0 Å². The lowest BCUT2D eigenvalue weighted by Gasteiger charge is -2.38. The van der Waals surface area contributed by atoms with E-state index in [4.69, 9.17) is 10.5 Å². The van der Waals surface area contributed by atoms with E-state index in [1.807, 2.05) is 37.8 Å². The molecule has 0 spiro atoms. The highest BCUT2D eigenvalue weighted by Crippen LogP contribution is 2.27. The van der Waals surface area contributed by atoms with Gasteiger partial charge in [-0.2, -0.15) is 0 Å². The van der Waals surface area contributed by atoms with Gasteiger partial charge in [0.1, 0.15) is 11.4 Å². The Morgan fingerprint density at radius 2 is 2.18 bits per heavy atom. The van der Waals surface area contributed by atoms with E-state index in [1.54, 1.807) is 6.07 Å². The van der Waals surface area contributed by atoms with Gasteiger partial charge in [0.2, 0.25) is 0 Å². The van der Waals surface area contributed by atoms with E-state index in [1.165, 1.54) is 0 Å². The summed E-state index contributed by atoms with van der Waals surface area (Å²) in [7, 11) is 0. The molecule has 1 aliphatic rings. The summed E-state index contributed by atoms with van der Waals surface area (Å²) >= 11 is 0. The van der Waals surface area contributed by atoms with Crippen LogP contribution in [0.4, 0.5) is 10.6 Å². The fraction of sp³-hybridized carbons (Fsp3) is 0.647. The van der Waals surface area contributed by atoms with Gasteiger partial charge in [-0.25, -0.2) is 9.78 Å². The van der Waals surface area contributed by atoms with Crippen molar-refractivity contribution in [2.75, 3.05) is 12.3 Å². The first-order valence-corrected chi connectivity index (χ1v) is 7.95. The minimum Gasteiger partial charge on any atom is -0.444 e. The van der Waals surface area contributed by atoms with Crippen LogP contribution in [0.25, 0.3) is 0 Å². The number of hydrogen-bond donors (Lipinski definition) is 1. The predicted octanol–water partition coefficient (Wildman–Crippen LogP) is 3.24. The molecule has 0 radical (unpaired) electrons. The van der Waals surface area contributed by atoms with E-state index in [0.29, 0.717) is 11.7 Å². The first kappa shape index (κ1) is 16.6. The molecule has 0 aromatic carbocycles. The van der Waals surface area contributed by atoms with E-state index < -0.39 is 5.60 Å². The summed E-state index contributed by atoms with van der Waals surface area (Å²) in [4.78, 5) is 18.4. The molecule has 0 aliphatic carbocycles. The Labute approximate surface area is 132 Å². The summed E-state index contributed by atoms with van der Waals surface area (Å²) in [6, 6.07) is 5.95. The second-order valence-corrected chi connectivity index (χ2v) is 7.17. The van der Waals surface area contributed by atoms with Gasteiger partial charge in [0, 0.05) is 18.3 Å². The Kier molecular flexibility index (Phi) is 4.94. The maximum atomic E-state index is 12.2. The molecule has 1 saturated heterocycles. The van der Waals surface area contributed by atoms with E-state index >= 15 is 0 Å². The molecule has 22 heavy (non-hydrogen) atoms. The number of likely N-dealkylation sites (tertiary alicyclic amines) is 1. The molecule has 1 aliphatic heterocycles. The first-order valence-electron chi connectivity index (χ1n) is 7.95. The monoisotopic (exact) mass is 305 g/mol. The quantitative estimate of drug-likeness (QED) is 0.910. The number of ether oxygens (including phenoxy) is 1. The molecule has 5 nitrogen and oxygen atoms in total. The zero-order chi connectivity index (χ0) is 16.3. The summed E-state index contributed by atoms with van der Waals surface area (Å²) in [5.74, 6) is 1.10. The van der Waals surface area contributed by atoms with Gasteiger partial charge in [-0.05, 0) is 65.0 Å². The minimum absolute atomic E-state index is 0.189. The molecule has 2 atom stereocenters. The van der Waals surface area contributed by atoms with Crippen molar-refractivity contribution in [1.82, 2.24) is 9.88 Å². The zero-order valence-electron chi connectivity index (χ0n) is 14.0. The van der Waals surface area contributed by atoms with E-state index in [0.717, 1.165) is 31.5 Å². The van der Waals surface area contributed by atoms with E-state index in [9.17, 15) is 4.79 Å². The molecule has 1 amide bonds. The van der Waals surface area contributed by atoms with Crippen molar-refractivity contribution >= 4 is 11.9 Å². The second kappa shape index (κ2) is 6.55. The van der Waals surface area contributed by atoms with Gasteiger partial charge in [0.15, 0.2) is 0 Å². The number of anilines is 1. The van der Waals surface area contributed by atoms with Crippen LogP contribution >= 0.6 is 0 Å². The van der Waals surface area contributed by atoms with Crippen molar-refractivity contribution in [2.45, 2.75) is 58.6 Å².